The number of para-hydroxylation sites is 10. The number of pyridine rings is 5. The number of aromatic nitrogens is 20. The number of benzene rings is 12. The summed E-state index contributed by atoms with van der Waals surface area (Å²) in [4.78, 5) is 86.4. The molecule has 0 aliphatic carbocycles. The molecule has 12 aromatic carbocycles. The molecule has 135 heavy (non-hydrogen) atoms. The molecule has 25 nitrogen and oxygen atoms in total. The highest BCUT2D eigenvalue weighted by Gasteiger charge is 2.22. The van der Waals surface area contributed by atoms with Crippen LogP contribution in [0.25, 0.3) is 194 Å². The zero-order chi connectivity index (χ0) is 91.0. The highest BCUT2D eigenvalue weighted by molar-refractivity contribution is 9.13. The fourth-order valence-corrected chi connectivity index (χ4v) is 17.8. The van der Waals surface area contributed by atoms with Crippen molar-refractivity contribution >= 4 is 241 Å². The first kappa shape index (κ1) is 86.6. The van der Waals surface area contributed by atoms with Crippen LogP contribution in [0.15, 0.2) is 378 Å². The van der Waals surface area contributed by atoms with Crippen molar-refractivity contribution in [1.29, 1.82) is 0 Å². The molecule has 0 spiro atoms. The molecule has 3 N–H and O–H groups in total. The lowest BCUT2D eigenvalue weighted by Gasteiger charge is -2.11. The van der Waals surface area contributed by atoms with E-state index in [0.29, 0.717) is 0 Å². The monoisotopic (exact) mass is 2020 g/mol. The second kappa shape index (κ2) is 37.4. The predicted octanol–water partition coefficient (Wildman–Crippen LogP) is 25.5. The van der Waals surface area contributed by atoms with Crippen molar-refractivity contribution in [2.24, 2.45) is 0 Å². The number of hydrogen-bond donors (Lipinski definition) is 3. The minimum absolute atomic E-state index is 0. The van der Waals surface area contributed by atoms with Gasteiger partial charge in [-0.3, -0.25) is 41.9 Å². The average Bonchev–Trinajstić information content (AvgIpc) is 1.60. The molecule has 0 aliphatic rings. The molecule has 0 fully saturated rings. The van der Waals surface area contributed by atoms with Crippen LogP contribution in [-0.4, -0.2) is 115 Å². The Hall–Kier alpha value is -16.5. The van der Waals surface area contributed by atoms with E-state index in [2.05, 4.69) is 243 Å². The molecule has 15 aromatic heterocycles. The van der Waals surface area contributed by atoms with E-state index in [1.807, 2.05) is 187 Å². The van der Waals surface area contributed by atoms with Gasteiger partial charge in [0.15, 0.2) is 22.4 Å². The Labute approximate surface area is 801 Å². The highest BCUT2D eigenvalue weighted by Crippen LogP contribution is 2.41. The maximum Gasteiger partial charge on any atom is 0.300 e. The van der Waals surface area contributed by atoms with Gasteiger partial charge in [0.25, 0.3) is 5.97 Å². The number of nitrogens with zero attached hydrogens (tertiary/aromatic N) is 18. The number of hydrogen-bond acceptors (Lipinski definition) is 17. The zero-order valence-corrected chi connectivity index (χ0v) is 78.2. The number of carboxylic acids is 1. The first-order valence-electron chi connectivity index (χ1n) is 42.4. The lowest BCUT2D eigenvalue weighted by atomic mass is 10.1. The molecule has 654 valence electrons. The van der Waals surface area contributed by atoms with Gasteiger partial charge >= 0.3 is 0 Å². The maximum atomic E-state index is 11.8. The topological polar surface area (TPSA) is 295 Å². The lowest BCUT2D eigenvalue weighted by molar-refractivity contribution is -0.134. The number of rotatable bonds is 6. The fraction of sp³-hybridized carbons (Fsp3) is 0.0283. The average molecular weight is 2030 g/mol. The number of halogens is 4. The van der Waals surface area contributed by atoms with Crippen molar-refractivity contribution in [3.8, 4) is 40.3 Å². The number of carboxylic acid groups (broad SMARTS) is 1. The number of aliphatic carboxylic acids is 1. The van der Waals surface area contributed by atoms with Gasteiger partial charge in [-0.25, -0.2) is 54.8 Å². The fourth-order valence-electron chi connectivity index (χ4n) is 17.0. The van der Waals surface area contributed by atoms with Crippen LogP contribution in [0.3, 0.4) is 0 Å². The van der Waals surface area contributed by atoms with Gasteiger partial charge in [-0.15, -0.1) is 17.0 Å². The number of nitrogens with one attached hydrogen (secondary N) is 2. The Balaban J connectivity index is 0.000000105. The van der Waals surface area contributed by atoms with Gasteiger partial charge in [0, 0.05) is 139 Å². The smallest absolute Gasteiger partial charge is 0.300 e. The SMILES string of the molecule is Br.Brc1ccc2c3ccccc3n(-c3ccccn3)c2c1.Brc1nccnc1Br.CC(=O)O.COc1ccc2c(c1)c1nc3ccccc3n1c1nccnc21.Cc1cccc(-c2nc3ccccc3[nH]2)c1.O=c1ccc2c(c1)c1nc3ccccc3n1c1ncc[nH]c21.c1ccc(-n2c3ccccc3c3ccc(Oc4ccc5c(c4)c4nc6ccccc6n4c4nccnc54)cc32)nc1. The van der Waals surface area contributed by atoms with Crippen LogP contribution in [0.2, 0.25) is 0 Å². The van der Waals surface area contributed by atoms with Gasteiger partial charge in [-0.1, -0.05) is 143 Å². The van der Waals surface area contributed by atoms with Gasteiger partial charge in [-0.05, 0) is 209 Å². The third-order valence-electron chi connectivity index (χ3n) is 22.7. The van der Waals surface area contributed by atoms with Crippen LogP contribution in [0.4, 0.5) is 0 Å². The van der Waals surface area contributed by atoms with E-state index < -0.39 is 5.97 Å². The summed E-state index contributed by atoms with van der Waals surface area (Å²) in [6, 6.07) is 99.0. The van der Waals surface area contributed by atoms with Crippen LogP contribution in [-0.2, 0) is 4.79 Å². The molecule has 0 amide bonds. The summed E-state index contributed by atoms with van der Waals surface area (Å²) in [5, 5.41) is 18.0. The number of fused-ring (bicyclic) bond motifs is 31. The van der Waals surface area contributed by atoms with Crippen molar-refractivity contribution in [2.45, 2.75) is 13.8 Å². The number of H-pyrrole nitrogens is 2. The van der Waals surface area contributed by atoms with Crippen molar-refractivity contribution in [3.05, 3.63) is 389 Å². The van der Waals surface area contributed by atoms with Gasteiger partial charge in [0.2, 0.25) is 0 Å². The van der Waals surface area contributed by atoms with Crippen LogP contribution >= 0.6 is 64.8 Å². The zero-order valence-electron chi connectivity index (χ0n) is 71.7. The molecular weight excluding hydrogens is 1950 g/mol. The molecule has 0 saturated carbocycles. The van der Waals surface area contributed by atoms with E-state index in [4.69, 9.17) is 39.3 Å². The lowest BCUT2D eigenvalue weighted by Crippen LogP contribution is -2.00. The molecule has 15 heterocycles. The summed E-state index contributed by atoms with van der Waals surface area (Å²) in [5.74, 6) is 4.16. The minimum atomic E-state index is -0.833. The maximum absolute atomic E-state index is 11.8. The Morgan fingerprint density at radius 1 is 0.356 bits per heavy atom. The molecule has 0 radical (unpaired) electrons. The summed E-state index contributed by atoms with van der Waals surface area (Å²) in [6.07, 6.45) is 17.3. The molecule has 0 saturated heterocycles. The first-order chi connectivity index (χ1) is 65.7. The standard InChI is InChI=1S/C34H20N6O.C18H12N4O.C17H11BrN2.C17H10N4O.C14H12N2.C4H2Br2N2.C2H4O2.BrH/c1-3-9-28-23(7-1)24-14-12-22(20-30(24)39(28)31-11-5-6-16-35-31)41-21-13-15-25-26(19-21)33-38-27-8-2-4-10-29(27)40(33)34-32(25)36-17-18-37-34;1-23-11-6-7-12-13(10-11)17-21-14-4-2-3-5-15(14)22(17)18-16(12)19-8-9-20-18;18-12-8-9-14-13-5-1-2-6-15(13)20(16(14)11-12)17-7-3-4-10-19-17;22-10-5-6-11-12(9-10)16-20-13-3-1-2-4-14(13)21(16)17-15(11)18-7-8-19-17;1-10-5-4-6-11(9-10)14-15-12-7-2-3-8-13(12)16-14;5-3-4(6)8-2-1-7-3;1-2(3)4;/h1-20H;2-10H,1H3;1-11H;1-9,18H;2-9H,1H3,(H,15,16);1-2H;1H3,(H,3,4);1H. The summed E-state index contributed by atoms with van der Waals surface area (Å²) in [7, 11) is 1.67. The highest BCUT2D eigenvalue weighted by atomic mass is 79.9. The van der Waals surface area contributed by atoms with Gasteiger partial charge in [0.1, 0.15) is 71.9 Å². The Bertz CT molecular complexity index is 9260. The van der Waals surface area contributed by atoms with Crippen molar-refractivity contribution < 1.29 is 19.4 Å². The molecule has 29 heteroatoms. The molecule has 0 atom stereocenters. The summed E-state index contributed by atoms with van der Waals surface area (Å²) < 4.78 is 25.0. The molecule has 0 aliphatic heterocycles. The van der Waals surface area contributed by atoms with Crippen LogP contribution in [0, 0.1) is 6.92 Å². The van der Waals surface area contributed by atoms with Crippen molar-refractivity contribution in [1.82, 2.24) is 97.1 Å². The Morgan fingerprint density at radius 3 is 1.33 bits per heavy atom. The molecule has 0 bridgehead atoms. The van der Waals surface area contributed by atoms with Gasteiger partial charge < -0.3 is 24.5 Å². The number of aryl methyl sites for hydroxylation is 1. The molecular formula is C106H72Br4N20O5. The van der Waals surface area contributed by atoms with Crippen molar-refractivity contribution in [3.63, 3.8) is 0 Å². The molecule has 0 unspecified atom stereocenters. The van der Waals surface area contributed by atoms with Crippen molar-refractivity contribution in [2.75, 3.05) is 7.11 Å². The minimum Gasteiger partial charge on any atom is -0.497 e. The quantitative estimate of drug-likeness (QED) is 0.130. The number of aromatic amines is 2. The van der Waals surface area contributed by atoms with Gasteiger partial charge in [0.05, 0.1) is 78.8 Å². The number of methoxy groups -OCH3 is 1. The van der Waals surface area contributed by atoms with E-state index in [1.54, 1.807) is 68.8 Å². The van der Waals surface area contributed by atoms with E-state index in [0.717, 1.165) is 204 Å². The second-order valence-electron chi connectivity index (χ2n) is 31.0. The van der Waals surface area contributed by atoms with Crippen LogP contribution < -0.4 is 14.9 Å². The second-order valence-corrected chi connectivity index (χ2v) is 33.4. The number of imidazole rings is 4. The first-order valence-corrected chi connectivity index (χ1v) is 44.8. The van der Waals surface area contributed by atoms with E-state index in [9.17, 15) is 4.79 Å². The molecule has 27 rings (SSSR count). The summed E-state index contributed by atoms with van der Waals surface area (Å²) in [5.41, 5.74) is 22.1. The molecule has 27 aromatic rings. The van der Waals surface area contributed by atoms with E-state index >= 15 is 0 Å². The van der Waals surface area contributed by atoms with Gasteiger partial charge in [-0.2, -0.15) is 0 Å². The van der Waals surface area contributed by atoms with E-state index in [-0.39, 0.29) is 22.4 Å². The summed E-state index contributed by atoms with van der Waals surface area (Å²) >= 11 is 9.91. The van der Waals surface area contributed by atoms with E-state index in [1.165, 1.54) is 32.8 Å². The third kappa shape index (κ3) is 16.7. The number of ether oxygens (including phenoxy) is 2. The normalized spacial score (nSPS) is 11.2. The van der Waals surface area contributed by atoms with Crippen LogP contribution in [0.1, 0.15) is 12.5 Å². The summed E-state index contributed by atoms with van der Waals surface area (Å²) in [6.45, 7) is 3.17. The third-order valence-corrected chi connectivity index (χ3v) is 24.9. The predicted molar refractivity (Wildman–Crippen MR) is 552 cm³/mol. The Morgan fingerprint density at radius 2 is 0.793 bits per heavy atom. The number of carbonyl (C=O) groups is 1. The Kier molecular flexibility index (Phi) is 24.0. The van der Waals surface area contributed by atoms with Crippen LogP contribution in [0.5, 0.6) is 17.2 Å². The largest absolute Gasteiger partial charge is 0.497 e.